The Hall–Kier alpha value is -0.680. The van der Waals surface area contributed by atoms with E-state index in [-0.39, 0.29) is 11.9 Å². The van der Waals surface area contributed by atoms with Crippen molar-refractivity contribution in [1.82, 2.24) is 5.32 Å². The molecule has 2 saturated carbocycles. The maximum Gasteiger partial charge on any atom is 0.233 e. The first-order valence-electron chi connectivity index (χ1n) is 7.35. The molecule has 2 atom stereocenters. The van der Waals surface area contributed by atoms with E-state index < -0.39 is 11.5 Å². The number of aliphatic hydroxyl groups excluding tert-OH is 1. The lowest BCUT2D eigenvalue weighted by Gasteiger charge is -2.30. The molecular weight excluding hydrogens is 260 g/mol. The van der Waals surface area contributed by atoms with Gasteiger partial charge >= 0.3 is 0 Å². The normalized spacial score (nSPS) is 30.6. The summed E-state index contributed by atoms with van der Waals surface area (Å²) in [7, 11) is 0. The molecule has 19 heavy (non-hydrogen) atoms. The van der Waals surface area contributed by atoms with Crippen LogP contribution in [0.2, 0.25) is 0 Å². The van der Waals surface area contributed by atoms with Crippen LogP contribution in [-0.4, -0.2) is 28.1 Å². The fraction of sp³-hybridized carbons (Fsp3) is 0.857. The highest BCUT2D eigenvalue weighted by atomic mass is 32.1. The van der Waals surface area contributed by atoms with Crippen LogP contribution in [0.25, 0.3) is 0 Å². The predicted octanol–water partition coefficient (Wildman–Crippen LogP) is 1.64. The number of carbonyl (C=O) groups is 1. The predicted molar refractivity (Wildman–Crippen MR) is 78.7 cm³/mol. The van der Waals surface area contributed by atoms with E-state index >= 15 is 0 Å². The first-order chi connectivity index (χ1) is 9.06. The van der Waals surface area contributed by atoms with Crippen LogP contribution in [0.3, 0.4) is 0 Å². The Balaban J connectivity index is 2.04. The average molecular weight is 284 g/mol. The van der Waals surface area contributed by atoms with Gasteiger partial charge in [0.05, 0.1) is 22.5 Å². The van der Waals surface area contributed by atoms with Crippen molar-refractivity contribution in [2.75, 3.05) is 0 Å². The molecule has 0 spiro atoms. The number of nitrogens with one attached hydrogen (secondary N) is 1. The molecule has 2 aliphatic rings. The molecule has 2 aliphatic carbocycles. The molecule has 0 radical (unpaired) electrons. The summed E-state index contributed by atoms with van der Waals surface area (Å²) in [6.07, 6.45) is 7.89. The molecule has 0 aromatic heterocycles. The highest BCUT2D eigenvalue weighted by molar-refractivity contribution is 7.80. The minimum atomic E-state index is -0.665. The van der Waals surface area contributed by atoms with Crippen LogP contribution in [0.4, 0.5) is 0 Å². The molecule has 0 heterocycles. The standard InChI is InChI=1S/C14H24N2O2S/c15-12(19)14(8-4-5-9-14)13(18)16-10-6-2-1-3-7-11(10)17/h10-11,17H,1-9H2,(H2,15,19)(H,16,18). The molecule has 0 saturated heterocycles. The van der Waals surface area contributed by atoms with Gasteiger partial charge in [0.15, 0.2) is 0 Å². The molecule has 108 valence electrons. The number of rotatable bonds is 3. The molecule has 0 aliphatic heterocycles. The van der Waals surface area contributed by atoms with Gasteiger partial charge in [-0.3, -0.25) is 4.79 Å². The zero-order valence-electron chi connectivity index (χ0n) is 11.4. The summed E-state index contributed by atoms with van der Waals surface area (Å²) >= 11 is 5.12. The number of carbonyl (C=O) groups excluding carboxylic acids is 1. The monoisotopic (exact) mass is 284 g/mol. The average Bonchev–Trinajstić information content (AvgIpc) is 2.79. The van der Waals surface area contributed by atoms with Gasteiger partial charge in [-0.15, -0.1) is 0 Å². The highest BCUT2D eigenvalue weighted by Gasteiger charge is 2.44. The summed E-state index contributed by atoms with van der Waals surface area (Å²) in [6.45, 7) is 0. The number of thiocarbonyl (C=S) groups is 1. The van der Waals surface area contributed by atoms with Gasteiger partial charge in [-0.05, 0) is 25.7 Å². The Morgan fingerprint density at radius 1 is 1.16 bits per heavy atom. The van der Waals surface area contributed by atoms with Crippen molar-refractivity contribution in [2.45, 2.75) is 69.9 Å². The van der Waals surface area contributed by atoms with Crippen molar-refractivity contribution in [3.63, 3.8) is 0 Å². The number of nitrogens with two attached hydrogens (primary N) is 1. The number of aliphatic hydroxyl groups is 1. The van der Waals surface area contributed by atoms with Crippen LogP contribution in [0, 0.1) is 5.41 Å². The lowest BCUT2D eigenvalue weighted by Crippen LogP contribution is -2.52. The zero-order valence-corrected chi connectivity index (χ0v) is 12.2. The number of amides is 1. The van der Waals surface area contributed by atoms with Crippen LogP contribution in [0.15, 0.2) is 0 Å². The van der Waals surface area contributed by atoms with Gasteiger partial charge in [0.1, 0.15) is 0 Å². The summed E-state index contributed by atoms with van der Waals surface area (Å²) in [4.78, 5) is 12.9. The SMILES string of the molecule is NC(=S)C1(C(=O)NC2CCCCCC2O)CCCC1. The Morgan fingerprint density at radius 2 is 1.79 bits per heavy atom. The zero-order chi connectivity index (χ0) is 13.9. The smallest absolute Gasteiger partial charge is 0.233 e. The molecule has 4 nitrogen and oxygen atoms in total. The molecule has 4 N–H and O–H groups in total. The van der Waals surface area contributed by atoms with Gasteiger partial charge in [0.25, 0.3) is 0 Å². The van der Waals surface area contributed by atoms with E-state index in [0.29, 0.717) is 4.99 Å². The van der Waals surface area contributed by atoms with Crippen molar-refractivity contribution in [2.24, 2.45) is 11.1 Å². The highest BCUT2D eigenvalue weighted by Crippen LogP contribution is 2.39. The van der Waals surface area contributed by atoms with Crippen LogP contribution in [-0.2, 0) is 4.79 Å². The van der Waals surface area contributed by atoms with Crippen LogP contribution in [0.1, 0.15) is 57.8 Å². The Kier molecular flexibility index (Phi) is 4.79. The maximum atomic E-state index is 12.5. The summed E-state index contributed by atoms with van der Waals surface area (Å²) in [5.74, 6) is -0.0662. The van der Waals surface area contributed by atoms with Crippen LogP contribution < -0.4 is 11.1 Å². The van der Waals surface area contributed by atoms with Crippen LogP contribution in [0.5, 0.6) is 0 Å². The molecule has 0 aromatic carbocycles. The Labute approximate surface area is 120 Å². The largest absolute Gasteiger partial charge is 0.392 e. The third-order valence-electron chi connectivity index (χ3n) is 4.66. The quantitative estimate of drug-likeness (QED) is 0.544. The van der Waals surface area contributed by atoms with Gasteiger partial charge in [0.2, 0.25) is 5.91 Å². The summed E-state index contributed by atoms with van der Waals surface area (Å²) in [5.41, 5.74) is 5.15. The number of hydrogen-bond acceptors (Lipinski definition) is 3. The van der Waals surface area contributed by atoms with Crippen molar-refractivity contribution < 1.29 is 9.90 Å². The van der Waals surface area contributed by atoms with E-state index in [4.69, 9.17) is 18.0 Å². The summed E-state index contributed by atoms with van der Waals surface area (Å²) in [5, 5.41) is 13.1. The van der Waals surface area contributed by atoms with E-state index in [9.17, 15) is 9.90 Å². The Bertz CT molecular complexity index is 353. The molecule has 5 heteroatoms. The van der Waals surface area contributed by atoms with Gasteiger partial charge in [-0.2, -0.15) is 0 Å². The van der Waals surface area contributed by atoms with Gasteiger partial charge in [-0.25, -0.2) is 0 Å². The van der Waals surface area contributed by atoms with E-state index in [1.165, 1.54) is 0 Å². The first kappa shape index (κ1) is 14.7. The third kappa shape index (κ3) is 3.08. The summed E-state index contributed by atoms with van der Waals surface area (Å²) in [6, 6.07) is -0.137. The first-order valence-corrected chi connectivity index (χ1v) is 7.76. The molecule has 0 bridgehead atoms. The van der Waals surface area contributed by atoms with Crippen LogP contribution >= 0.6 is 12.2 Å². The molecule has 2 rings (SSSR count). The third-order valence-corrected chi connectivity index (χ3v) is 5.05. The van der Waals surface area contributed by atoms with Gasteiger partial charge in [-0.1, -0.05) is 44.3 Å². The fourth-order valence-electron chi connectivity index (χ4n) is 3.33. The molecule has 0 aromatic rings. The second kappa shape index (κ2) is 6.18. The fourth-order valence-corrected chi connectivity index (χ4v) is 3.62. The van der Waals surface area contributed by atoms with Crippen molar-refractivity contribution in [1.29, 1.82) is 0 Å². The molecular formula is C14H24N2O2S. The Morgan fingerprint density at radius 3 is 2.42 bits per heavy atom. The van der Waals surface area contributed by atoms with Crippen molar-refractivity contribution >= 4 is 23.1 Å². The van der Waals surface area contributed by atoms with E-state index in [0.717, 1.165) is 57.8 Å². The minimum Gasteiger partial charge on any atom is -0.392 e. The second-order valence-electron chi connectivity index (χ2n) is 5.94. The van der Waals surface area contributed by atoms with Crippen molar-refractivity contribution in [3.05, 3.63) is 0 Å². The summed E-state index contributed by atoms with van der Waals surface area (Å²) < 4.78 is 0. The van der Waals surface area contributed by atoms with Gasteiger partial charge < -0.3 is 16.2 Å². The second-order valence-corrected chi connectivity index (χ2v) is 6.38. The molecule has 1 amide bonds. The lowest BCUT2D eigenvalue weighted by molar-refractivity contribution is -0.129. The molecule has 2 fully saturated rings. The lowest BCUT2D eigenvalue weighted by atomic mass is 9.84. The van der Waals surface area contributed by atoms with Gasteiger partial charge in [0, 0.05) is 0 Å². The van der Waals surface area contributed by atoms with Crippen molar-refractivity contribution in [3.8, 4) is 0 Å². The minimum absolute atomic E-state index is 0.0662. The van der Waals surface area contributed by atoms with E-state index in [1.54, 1.807) is 0 Å². The molecule has 2 unspecified atom stereocenters. The maximum absolute atomic E-state index is 12.5. The van der Waals surface area contributed by atoms with E-state index in [1.807, 2.05) is 0 Å². The topological polar surface area (TPSA) is 75.4 Å². The number of hydrogen-bond donors (Lipinski definition) is 3. The van der Waals surface area contributed by atoms with E-state index in [2.05, 4.69) is 5.32 Å².